The van der Waals surface area contributed by atoms with Gasteiger partial charge in [0.15, 0.2) is 0 Å². The van der Waals surface area contributed by atoms with Gasteiger partial charge >= 0.3 is 5.97 Å². The first-order valence-corrected chi connectivity index (χ1v) is 14.0. The molecule has 0 bridgehead atoms. The van der Waals surface area contributed by atoms with Gasteiger partial charge in [0.1, 0.15) is 12.6 Å². The van der Waals surface area contributed by atoms with Crippen molar-refractivity contribution in [1.82, 2.24) is 10.6 Å². The van der Waals surface area contributed by atoms with Crippen LogP contribution in [-0.2, 0) is 32.1 Å². The predicted molar refractivity (Wildman–Crippen MR) is 164 cm³/mol. The molecule has 0 saturated heterocycles. The third kappa shape index (κ3) is 12.2. The molecule has 0 fully saturated rings. The number of amides is 2. The van der Waals surface area contributed by atoms with Crippen molar-refractivity contribution in [3.63, 3.8) is 0 Å². The average Bonchev–Trinajstić information content (AvgIpc) is 2.97. The minimum atomic E-state index is -0.743. The van der Waals surface area contributed by atoms with Crippen molar-refractivity contribution in [2.45, 2.75) is 70.7 Å². The van der Waals surface area contributed by atoms with E-state index < -0.39 is 24.1 Å². The van der Waals surface area contributed by atoms with E-state index in [1.807, 2.05) is 105 Å². The predicted octanol–water partition coefficient (Wildman–Crippen LogP) is 5.28. The van der Waals surface area contributed by atoms with Gasteiger partial charge in [-0.1, -0.05) is 105 Å². The van der Waals surface area contributed by atoms with E-state index in [2.05, 4.69) is 10.6 Å². The van der Waals surface area contributed by atoms with Gasteiger partial charge in [-0.05, 0) is 48.3 Å². The second kappa shape index (κ2) is 17.9. The second-order valence-corrected chi connectivity index (χ2v) is 10.5. The number of carbonyl (C=O) groups excluding carboxylic acids is 3. The molecule has 41 heavy (non-hydrogen) atoms. The van der Waals surface area contributed by atoms with E-state index in [0.717, 1.165) is 16.7 Å². The maximum atomic E-state index is 13.0. The van der Waals surface area contributed by atoms with Crippen LogP contribution in [0.1, 0.15) is 62.3 Å². The minimum Gasteiger partial charge on any atom is -0.459 e. The molecule has 7 nitrogen and oxygen atoms in total. The molecule has 8 heteroatoms. The topological polar surface area (TPSA) is 111 Å². The standard InChI is InChI=1S/C33H41N3O4.ClH/c1-24(2)22-30(33(39)40-23-26-14-8-4-9-15-26)35-31(37)21-20-29(27-16-10-5-11-17-27)36-32(38)28(34)19-18-25-12-6-3-7-13-25;/h3-17,24,28-30H,18-23,34H2,1-2H3,(H,35,37)(H,36,38);1H/t28-,29?,30-;/m0./s1. The zero-order valence-electron chi connectivity index (χ0n) is 23.8. The number of hydrogen-bond donors (Lipinski definition) is 3. The van der Waals surface area contributed by atoms with Gasteiger partial charge in [0, 0.05) is 6.42 Å². The number of carbonyl (C=O) groups is 3. The molecule has 0 saturated carbocycles. The number of ether oxygens (including phenoxy) is 1. The number of esters is 1. The summed E-state index contributed by atoms with van der Waals surface area (Å²) in [7, 11) is 0. The summed E-state index contributed by atoms with van der Waals surface area (Å²) in [5, 5.41) is 5.89. The molecule has 3 aromatic rings. The Kier molecular flexibility index (Phi) is 14.6. The van der Waals surface area contributed by atoms with Crippen molar-refractivity contribution in [2.24, 2.45) is 11.7 Å². The Morgan fingerprint density at radius 3 is 1.93 bits per heavy atom. The summed E-state index contributed by atoms with van der Waals surface area (Å²) in [5.74, 6) is -0.801. The zero-order chi connectivity index (χ0) is 28.7. The lowest BCUT2D eigenvalue weighted by Gasteiger charge is -2.23. The van der Waals surface area contributed by atoms with E-state index in [0.29, 0.717) is 25.7 Å². The van der Waals surface area contributed by atoms with Gasteiger partial charge < -0.3 is 21.1 Å². The zero-order valence-corrected chi connectivity index (χ0v) is 24.6. The minimum absolute atomic E-state index is 0. The number of aryl methyl sites for hydroxylation is 1. The highest BCUT2D eigenvalue weighted by Gasteiger charge is 2.25. The lowest BCUT2D eigenvalue weighted by Crippen LogP contribution is -2.44. The van der Waals surface area contributed by atoms with Crippen molar-refractivity contribution in [3.05, 3.63) is 108 Å². The fraction of sp³-hybridized carbons (Fsp3) is 0.364. The summed E-state index contributed by atoms with van der Waals surface area (Å²) in [6.45, 7) is 4.13. The molecule has 3 atom stereocenters. The highest BCUT2D eigenvalue weighted by Crippen LogP contribution is 2.19. The lowest BCUT2D eigenvalue weighted by atomic mass is 9.99. The van der Waals surface area contributed by atoms with Crippen LogP contribution in [0.5, 0.6) is 0 Å². The SMILES string of the molecule is CC(C)C[C@H](NC(=O)CCC(NC(=O)[C@@H](N)CCc1ccccc1)c1ccccc1)C(=O)OCc1ccccc1.Cl. The van der Waals surface area contributed by atoms with Crippen LogP contribution in [0.4, 0.5) is 0 Å². The van der Waals surface area contributed by atoms with E-state index in [1.165, 1.54) is 0 Å². The first-order valence-electron chi connectivity index (χ1n) is 14.0. The van der Waals surface area contributed by atoms with Crippen LogP contribution in [0.25, 0.3) is 0 Å². The van der Waals surface area contributed by atoms with Gasteiger partial charge in [-0.2, -0.15) is 0 Å². The van der Waals surface area contributed by atoms with E-state index in [9.17, 15) is 14.4 Å². The van der Waals surface area contributed by atoms with Crippen LogP contribution in [-0.4, -0.2) is 29.9 Å². The molecule has 0 heterocycles. The maximum absolute atomic E-state index is 13.0. The van der Waals surface area contributed by atoms with E-state index in [-0.39, 0.29) is 43.2 Å². The normalized spacial score (nSPS) is 12.9. The first-order chi connectivity index (χ1) is 19.3. The Labute approximate surface area is 249 Å². The molecule has 0 aliphatic rings. The molecular weight excluding hydrogens is 538 g/mol. The number of halogens is 1. The van der Waals surface area contributed by atoms with Gasteiger partial charge in [0.25, 0.3) is 0 Å². The van der Waals surface area contributed by atoms with E-state index >= 15 is 0 Å². The molecule has 0 aliphatic heterocycles. The summed E-state index contributed by atoms with van der Waals surface area (Å²) >= 11 is 0. The molecular formula is C33H42ClN3O4. The third-order valence-corrected chi connectivity index (χ3v) is 6.65. The summed E-state index contributed by atoms with van der Waals surface area (Å²) in [6.07, 6.45) is 2.17. The van der Waals surface area contributed by atoms with Crippen LogP contribution >= 0.6 is 12.4 Å². The number of benzene rings is 3. The molecule has 3 aromatic carbocycles. The number of hydrogen-bond acceptors (Lipinski definition) is 5. The molecule has 220 valence electrons. The molecule has 1 unspecified atom stereocenters. The molecule has 4 N–H and O–H groups in total. The quantitative estimate of drug-likeness (QED) is 0.212. The first kappa shape index (κ1) is 33.5. The van der Waals surface area contributed by atoms with Crippen LogP contribution in [0.3, 0.4) is 0 Å². The van der Waals surface area contributed by atoms with Gasteiger partial charge in [-0.15, -0.1) is 12.4 Å². The van der Waals surface area contributed by atoms with Gasteiger partial charge in [0.2, 0.25) is 11.8 Å². The number of nitrogens with one attached hydrogen (secondary N) is 2. The third-order valence-electron chi connectivity index (χ3n) is 6.65. The number of rotatable bonds is 15. The monoisotopic (exact) mass is 579 g/mol. The Morgan fingerprint density at radius 1 is 0.780 bits per heavy atom. The average molecular weight is 580 g/mol. The molecule has 0 radical (unpaired) electrons. The maximum Gasteiger partial charge on any atom is 0.328 e. The Bertz CT molecular complexity index is 1190. The Hall–Kier alpha value is -3.68. The second-order valence-electron chi connectivity index (χ2n) is 10.5. The van der Waals surface area contributed by atoms with Gasteiger partial charge in [0.05, 0.1) is 12.1 Å². The summed E-state index contributed by atoms with van der Waals surface area (Å²) in [6, 6.07) is 27.1. The highest BCUT2D eigenvalue weighted by molar-refractivity contribution is 5.85. The largest absolute Gasteiger partial charge is 0.459 e. The summed E-state index contributed by atoms with van der Waals surface area (Å²) in [4.78, 5) is 38.8. The smallest absolute Gasteiger partial charge is 0.328 e. The fourth-order valence-corrected chi connectivity index (χ4v) is 4.44. The number of nitrogens with two attached hydrogens (primary N) is 1. The van der Waals surface area contributed by atoms with Crippen molar-refractivity contribution < 1.29 is 19.1 Å². The summed E-state index contributed by atoms with van der Waals surface area (Å²) in [5.41, 5.74) is 9.12. The molecule has 0 aromatic heterocycles. The molecule has 0 aliphatic carbocycles. The van der Waals surface area contributed by atoms with Crippen molar-refractivity contribution in [2.75, 3.05) is 0 Å². The Morgan fingerprint density at radius 2 is 1.34 bits per heavy atom. The van der Waals surface area contributed by atoms with Crippen LogP contribution in [0, 0.1) is 5.92 Å². The van der Waals surface area contributed by atoms with Crippen LogP contribution in [0.15, 0.2) is 91.0 Å². The summed E-state index contributed by atoms with van der Waals surface area (Å²) < 4.78 is 5.50. The van der Waals surface area contributed by atoms with Crippen molar-refractivity contribution in [1.29, 1.82) is 0 Å². The fourth-order valence-electron chi connectivity index (χ4n) is 4.44. The molecule has 0 spiro atoms. The van der Waals surface area contributed by atoms with Gasteiger partial charge in [-0.25, -0.2) is 4.79 Å². The van der Waals surface area contributed by atoms with E-state index in [4.69, 9.17) is 10.5 Å². The van der Waals surface area contributed by atoms with Gasteiger partial charge in [-0.3, -0.25) is 9.59 Å². The van der Waals surface area contributed by atoms with Crippen LogP contribution < -0.4 is 16.4 Å². The Balaban J connectivity index is 0.00000588. The molecule has 3 rings (SSSR count). The van der Waals surface area contributed by atoms with Crippen molar-refractivity contribution in [3.8, 4) is 0 Å². The highest BCUT2D eigenvalue weighted by atomic mass is 35.5. The lowest BCUT2D eigenvalue weighted by molar-refractivity contribution is -0.149. The van der Waals surface area contributed by atoms with Crippen molar-refractivity contribution >= 4 is 30.2 Å². The molecule has 2 amide bonds. The van der Waals surface area contributed by atoms with E-state index in [1.54, 1.807) is 0 Å². The van der Waals surface area contributed by atoms with Crippen LogP contribution in [0.2, 0.25) is 0 Å².